The van der Waals surface area contributed by atoms with Gasteiger partial charge in [0.05, 0.1) is 13.7 Å². The Labute approximate surface area is 175 Å². The number of fused-ring (bicyclic) bond motifs is 1. The van der Waals surface area contributed by atoms with E-state index in [4.69, 9.17) is 9.15 Å². The van der Waals surface area contributed by atoms with E-state index in [2.05, 4.69) is 15.6 Å². The summed E-state index contributed by atoms with van der Waals surface area (Å²) in [7, 11) is 3.36. The van der Waals surface area contributed by atoms with Crippen molar-refractivity contribution >= 4 is 40.9 Å². The molecule has 0 saturated heterocycles. The first kappa shape index (κ1) is 21.0. The number of ether oxygens (including phenoxy) is 1. The molecule has 144 valence electrons. The van der Waals surface area contributed by atoms with E-state index in [9.17, 15) is 4.39 Å². The Kier molecular flexibility index (Phi) is 7.46. The van der Waals surface area contributed by atoms with Crippen molar-refractivity contribution in [3.63, 3.8) is 0 Å². The van der Waals surface area contributed by atoms with Gasteiger partial charge in [0.2, 0.25) is 0 Å². The molecule has 0 fully saturated rings. The fourth-order valence-electron chi connectivity index (χ4n) is 2.77. The number of methoxy groups -OCH3 is 1. The number of furan rings is 1. The second-order valence-electron chi connectivity index (χ2n) is 5.92. The lowest BCUT2D eigenvalue weighted by Crippen LogP contribution is -2.36. The minimum Gasteiger partial charge on any atom is -0.497 e. The smallest absolute Gasteiger partial charge is 0.191 e. The van der Waals surface area contributed by atoms with Gasteiger partial charge >= 0.3 is 0 Å². The first-order chi connectivity index (χ1) is 12.6. The molecule has 0 amide bonds. The maximum Gasteiger partial charge on any atom is 0.191 e. The summed E-state index contributed by atoms with van der Waals surface area (Å²) in [6, 6.07) is 12.4. The van der Waals surface area contributed by atoms with Crippen LogP contribution in [0.15, 0.2) is 51.9 Å². The third kappa shape index (κ3) is 5.12. The van der Waals surface area contributed by atoms with Crippen LogP contribution in [-0.4, -0.2) is 20.1 Å². The molecular formula is C20H23FIN3O2. The van der Waals surface area contributed by atoms with E-state index in [1.165, 1.54) is 12.1 Å². The van der Waals surface area contributed by atoms with E-state index in [0.717, 1.165) is 28.0 Å². The van der Waals surface area contributed by atoms with Gasteiger partial charge < -0.3 is 19.8 Å². The summed E-state index contributed by atoms with van der Waals surface area (Å²) in [5.41, 5.74) is 2.69. The molecule has 5 nitrogen and oxygen atoms in total. The number of nitrogens with one attached hydrogen (secondary N) is 2. The molecule has 0 spiro atoms. The molecule has 27 heavy (non-hydrogen) atoms. The molecule has 3 aromatic rings. The molecule has 1 aromatic heterocycles. The average molecular weight is 483 g/mol. The highest BCUT2D eigenvalue weighted by molar-refractivity contribution is 14.0. The van der Waals surface area contributed by atoms with Crippen LogP contribution in [0.1, 0.15) is 16.9 Å². The van der Waals surface area contributed by atoms with Gasteiger partial charge in [-0.05, 0) is 42.8 Å². The zero-order chi connectivity index (χ0) is 18.5. The zero-order valence-corrected chi connectivity index (χ0v) is 17.8. The van der Waals surface area contributed by atoms with Gasteiger partial charge in [-0.1, -0.05) is 12.1 Å². The predicted octanol–water partition coefficient (Wildman–Crippen LogP) is 4.37. The second kappa shape index (κ2) is 9.59. The Bertz CT molecular complexity index is 940. The molecule has 0 aliphatic heterocycles. The SMILES string of the molecule is CN=C(NCc1cccc(OC)c1)NCc1oc2ccc(F)cc2c1C.I. The molecule has 3 rings (SSSR count). The summed E-state index contributed by atoms with van der Waals surface area (Å²) in [6.07, 6.45) is 0. The minimum absolute atomic E-state index is 0. The van der Waals surface area contributed by atoms with Crippen molar-refractivity contribution in [3.8, 4) is 5.75 Å². The molecule has 2 aromatic carbocycles. The Morgan fingerprint density at radius 3 is 2.67 bits per heavy atom. The van der Waals surface area contributed by atoms with Crippen LogP contribution in [0.5, 0.6) is 5.75 Å². The van der Waals surface area contributed by atoms with E-state index < -0.39 is 0 Å². The van der Waals surface area contributed by atoms with Crippen LogP contribution in [0.4, 0.5) is 4.39 Å². The number of nitrogens with zero attached hydrogens (tertiary/aromatic N) is 1. The topological polar surface area (TPSA) is 58.8 Å². The highest BCUT2D eigenvalue weighted by Crippen LogP contribution is 2.25. The Morgan fingerprint density at radius 2 is 1.93 bits per heavy atom. The second-order valence-corrected chi connectivity index (χ2v) is 5.92. The van der Waals surface area contributed by atoms with Crippen molar-refractivity contribution in [2.24, 2.45) is 4.99 Å². The van der Waals surface area contributed by atoms with E-state index in [1.54, 1.807) is 20.2 Å². The van der Waals surface area contributed by atoms with Gasteiger partial charge in [-0.2, -0.15) is 0 Å². The zero-order valence-electron chi connectivity index (χ0n) is 15.5. The fourth-order valence-corrected chi connectivity index (χ4v) is 2.77. The first-order valence-corrected chi connectivity index (χ1v) is 8.35. The molecular weight excluding hydrogens is 460 g/mol. The molecule has 1 heterocycles. The van der Waals surface area contributed by atoms with Crippen molar-refractivity contribution in [2.45, 2.75) is 20.0 Å². The maximum absolute atomic E-state index is 13.4. The monoisotopic (exact) mass is 483 g/mol. The Hall–Kier alpha value is -2.29. The van der Waals surface area contributed by atoms with Gasteiger partial charge in [-0.15, -0.1) is 24.0 Å². The molecule has 0 unspecified atom stereocenters. The number of halogens is 2. The van der Waals surface area contributed by atoms with Crippen molar-refractivity contribution in [1.29, 1.82) is 0 Å². The van der Waals surface area contributed by atoms with Crippen molar-refractivity contribution in [1.82, 2.24) is 10.6 Å². The van der Waals surface area contributed by atoms with Crippen LogP contribution in [0, 0.1) is 12.7 Å². The standard InChI is InChI=1S/C20H22FN3O2.HI/c1-13-17-10-15(21)7-8-18(17)26-19(13)12-24-20(22-2)23-11-14-5-4-6-16(9-14)25-3;/h4-10H,11-12H2,1-3H3,(H2,22,23,24);1H. The number of hydrogen-bond acceptors (Lipinski definition) is 3. The van der Waals surface area contributed by atoms with Gasteiger partial charge in [-0.25, -0.2) is 4.39 Å². The molecule has 0 aliphatic carbocycles. The van der Waals surface area contributed by atoms with Crippen LogP contribution < -0.4 is 15.4 Å². The molecule has 7 heteroatoms. The van der Waals surface area contributed by atoms with Crippen molar-refractivity contribution in [3.05, 3.63) is 65.2 Å². The third-order valence-electron chi connectivity index (χ3n) is 4.23. The number of hydrogen-bond donors (Lipinski definition) is 2. The van der Waals surface area contributed by atoms with E-state index >= 15 is 0 Å². The maximum atomic E-state index is 13.4. The van der Waals surface area contributed by atoms with Crippen LogP contribution in [-0.2, 0) is 13.1 Å². The molecule has 0 saturated carbocycles. The van der Waals surface area contributed by atoms with E-state index in [1.807, 2.05) is 31.2 Å². The Balaban J connectivity index is 0.00000261. The summed E-state index contributed by atoms with van der Waals surface area (Å²) in [5, 5.41) is 7.27. The summed E-state index contributed by atoms with van der Waals surface area (Å²) < 4.78 is 24.5. The summed E-state index contributed by atoms with van der Waals surface area (Å²) in [5.74, 6) is 1.96. The lowest BCUT2D eigenvalue weighted by Gasteiger charge is -2.12. The van der Waals surface area contributed by atoms with E-state index in [-0.39, 0.29) is 29.8 Å². The molecule has 0 bridgehead atoms. The number of rotatable bonds is 5. The van der Waals surface area contributed by atoms with Crippen LogP contribution in [0.25, 0.3) is 11.0 Å². The van der Waals surface area contributed by atoms with Gasteiger partial charge in [-0.3, -0.25) is 4.99 Å². The lowest BCUT2D eigenvalue weighted by molar-refractivity contribution is 0.414. The number of aliphatic imine (C=N–C) groups is 1. The Morgan fingerprint density at radius 1 is 1.15 bits per heavy atom. The summed E-state index contributed by atoms with van der Waals surface area (Å²) in [6.45, 7) is 3.00. The van der Waals surface area contributed by atoms with Crippen LogP contribution in [0.2, 0.25) is 0 Å². The van der Waals surface area contributed by atoms with Crippen LogP contribution >= 0.6 is 24.0 Å². The normalized spacial score (nSPS) is 11.2. The quantitative estimate of drug-likeness (QED) is 0.322. The number of guanidine groups is 1. The first-order valence-electron chi connectivity index (χ1n) is 8.35. The van der Waals surface area contributed by atoms with E-state index in [0.29, 0.717) is 24.6 Å². The summed E-state index contributed by atoms with van der Waals surface area (Å²) in [4.78, 5) is 4.22. The van der Waals surface area contributed by atoms with Gasteiger partial charge in [0.25, 0.3) is 0 Å². The third-order valence-corrected chi connectivity index (χ3v) is 4.23. The largest absolute Gasteiger partial charge is 0.497 e. The molecule has 0 radical (unpaired) electrons. The summed E-state index contributed by atoms with van der Waals surface area (Å²) >= 11 is 0. The molecule has 0 aliphatic rings. The van der Waals surface area contributed by atoms with Crippen molar-refractivity contribution in [2.75, 3.05) is 14.2 Å². The highest BCUT2D eigenvalue weighted by Gasteiger charge is 2.11. The molecule has 0 atom stereocenters. The van der Waals surface area contributed by atoms with Crippen LogP contribution in [0.3, 0.4) is 0 Å². The van der Waals surface area contributed by atoms with Gasteiger partial charge in [0, 0.05) is 24.5 Å². The predicted molar refractivity (Wildman–Crippen MR) is 116 cm³/mol. The van der Waals surface area contributed by atoms with Crippen molar-refractivity contribution < 1.29 is 13.5 Å². The highest BCUT2D eigenvalue weighted by atomic mass is 127. The lowest BCUT2D eigenvalue weighted by atomic mass is 10.1. The minimum atomic E-state index is -0.267. The van der Waals surface area contributed by atoms with Gasteiger partial charge in [0.15, 0.2) is 5.96 Å². The average Bonchev–Trinajstić information content (AvgIpc) is 2.97. The fraction of sp³-hybridized carbons (Fsp3) is 0.250. The number of aryl methyl sites for hydroxylation is 1. The van der Waals surface area contributed by atoms with Gasteiger partial charge in [0.1, 0.15) is 22.9 Å². The molecule has 2 N–H and O–H groups in total. The number of benzene rings is 2.